The van der Waals surface area contributed by atoms with Crippen LogP contribution in [-0.2, 0) is 19.3 Å². The molecular formula is C36H40. The van der Waals surface area contributed by atoms with Gasteiger partial charge in [0.2, 0.25) is 0 Å². The number of fused-ring (bicyclic) bond motifs is 1. The second-order valence-corrected chi connectivity index (χ2v) is 11.6. The van der Waals surface area contributed by atoms with Crippen molar-refractivity contribution in [3.8, 4) is 0 Å². The van der Waals surface area contributed by atoms with E-state index < -0.39 is 0 Å². The molecule has 2 aromatic rings. The van der Waals surface area contributed by atoms with E-state index in [0.717, 1.165) is 32.1 Å². The molecule has 0 heteroatoms. The first-order chi connectivity index (χ1) is 17.3. The van der Waals surface area contributed by atoms with Crippen LogP contribution >= 0.6 is 0 Å². The third-order valence-corrected chi connectivity index (χ3v) is 8.14. The number of hydrogen-bond donors (Lipinski definition) is 0. The molecule has 0 amide bonds. The lowest BCUT2D eigenvalue weighted by atomic mass is 9.85. The fourth-order valence-electron chi connectivity index (χ4n) is 6.02. The lowest BCUT2D eigenvalue weighted by Gasteiger charge is -2.19. The zero-order valence-electron chi connectivity index (χ0n) is 22.7. The molecule has 1 unspecified atom stereocenters. The summed E-state index contributed by atoms with van der Waals surface area (Å²) in [5, 5.41) is 0. The molecule has 0 heterocycles. The normalized spacial score (nSPS) is 18.9. The molecule has 0 aromatic heterocycles. The lowest BCUT2D eigenvalue weighted by Crippen LogP contribution is -2.06. The molecule has 0 saturated carbocycles. The van der Waals surface area contributed by atoms with E-state index in [9.17, 15) is 0 Å². The first-order valence-electron chi connectivity index (χ1n) is 13.7. The highest BCUT2D eigenvalue weighted by Crippen LogP contribution is 2.45. The van der Waals surface area contributed by atoms with Crippen molar-refractivity contribution in [3.63, 3.8) is 0 Å². The third kappa shape index (κ3) is 4.66. The van der Waals surface area contributed by atoms with Gasteiger partial charge < -0.3 is 0 Å². The summed E-state index contributed by atoms with van der Waals surface area (Å²) in [5.41, 5.74) is 15.8. The largest absolute Gasteiger partial charge is 0.0952 e. The molecule has 0 spiro atoms. The smallest absolute Gasteiger partial charge is 0.0278 e. The average Bonchev–Trinajstić information content (AvgIpc) is 3.60. The van der Waals surface area contributed by atoms with Crippen LogP contribution in [0.25, 0.3) is 6.08 Å². The van der Waals surface area contributed by atoms with Gasteiger partial charge >= 0.3 is 0 Å². The van der Waals surface area contributed by atoms with Crippen molar-refractivity contribution in [2.45, 2.75) is 72.6 Å². The van der Waals surface area contributed by atoms with Gasteiger partial charge in [-0.25, -0.2) is 0 Å². The quantitative estimate of drug-likeness (QED) is 0.376. The average molecular weight is 473 g/mol. The minimum atomic E-state index is 0.127. The Morgan fingerprint density at radius 3 is 2.36 bits per heavy atom. The molecule has 0 bridgehead atoms. The molecule has 0 nitrogen and oxygen atoms in total. The molecule has 0 radical (unpaired) electrons. The maximum Gasteiger partial charge on any atom is 0.0278 e. The summed E-state index contributed by atoms with van der Waals surface area (Å²) in [6.45, 7) is 16.1. The Bertz CT molecular complexity index is 1340. The van der Waals surface area contributed by atoms with E-state index in [0.29, 0.717) is 0 Å². The summed E-state index contributed by atoms with van der Waals surface area (Å²) in [5.74, 6) is 0.289. The van der Waals surface area contributed by atoms with Crippen LogP contribution in [0.2, 0.25) is 0 Å². The van der Waals surface area contributed by atoms with Crippen LogP contribution in [0.4, 0.5) is 0 Å². The maximum atomic E-state index is 4.65. The molecule has 5 rings (SSSR count). The number of aryl methyl sites for hydroxylation is 2. The fraction of sp³-hybridized carbons (Fsp3) is 0.333. The van der Waals surface area contributed by atoms with Gasteiger partial charge in [0.25, 0.3) is 0 Å². The van der Waals surface area contributed by atoms with Gasteiger partial charge in [0.15, 0.2) is 0 Å². The monoisotopic (exact) mass is 472 g/mol. The standard InChI is InChI=1S/C36H40/c1-7-25-18-29-20-31(21-30(29)19-26(25)8-2)33-16-12-15-28(33)17-24(3)34-22-32(36(4,5)6)23-35(34)27-13-10-9-11-14-27/h9-11,13-16,18-20,22-23,35H,3,7-8,12,17,21H2,1-2,4-6H3. The molecule has 36 heavy (non-hydrogen) atoms. The van der Waals surface area contributed by atoms with E-state index >= 15 is 0 Å². The predicted octanol–water partition coefficient (Wildman–Crippen LogP) is 9.65. The molecule has 1 atom stereocenters. The molecule has 0 N–H and O–H groups in total. The summed E-state index contributed by atoms with van der Waals surface area (Å²) in [4.78, 5) is 0. The predicted molar refractivity (Wildman–Crippen MR) is 156 cm³/mol. The second-order valence-electron chi connectivity index (χ2n) is 11.6. The van der Waals surface area contributed by atoms with Crippen molar-refractivity contribution >= 4 is 6.08 Å². The second kappa shape index (κ2) is 9.74. The maximum absolute atomic E-state index is 4.65. The Morgan fingerprint density at radius 1 is 0.944 bits per heavy atom. The number of hydrogen-bond acceptors (Lipinski definition) is 0. The molecule has 0 aliphatic heterocycles. The SMILES string of the molecule is C=C(CC1=CCC=C1C1=Cc2cc(CC)c(CC)cc2C1)C1=CC(C(C)(C)C)=CC1c1ccccc1. The van der Waals surface area contributed by atoms with E-state index in [1.807, 2.05) is 0 Å². The molecule has 0 saturated heterocycles. The van der Waals surface area contributed by atoms with Gasteiger partial charge in [-0.1, -0.05) is 114 Å². The Morgan fingerprint density at radius 2 is 1.67 bits per heavy atom. The Labute approximate surface area is 218 Å². The van der Waals surface area contributed by atoms with E-state index in [2.05, 4.69) is 114 Å². The minimum Gasteiger partial charge on any atom is -0.0952 e. The van der Waals surface area contributed by atoms with Crippen molar-refractivity contribution < 1.29 is 0 Å². The minimum absolute atomic E-state index is 0.127. The van der Waals surface area contributed by atoms with Crippen molar-refractivity contribution in [1.82, 2.24) is 0 Å². The van der Waals surface area contributed by atoms with Crippen molar-refractivity contribution in [2.24, 2.45) is 5.41 Å². The van der Waals surface area contributed by atoms with Crippen LogP contribution < -0.4 is 0 Å². The Hall–Kier alpha value is -3.12. The molecule has 2 aromatic carbocycles. The zero-order valence-corrected chi connectivity index (χ0v) is 22.7. The summed E-state index contributed by atoms with van der Waals surface area (Å²) in [7, 11) is 0. The summed E-state index contributed by atoms with van der Waals surface area (Å²) < 4.78 is 0. The Balaban J connectivity index is 1.38. The van der Waals surface area contributed by atoms with Crippen molar-refractivity contribution in [2.75, 3.05) is 0 Å². The van der Waals surface area contributed by atoms with E-state index in [1.54, 1.807) is 0 Å². The van der Waals surface area contributed by atoms with Crippen molar-refractivity contribution in [3.05, 3.63) is 135 Å². The van der Waals surface area contributed by atoms with E-state index in [4.69, 9.17) is 0 Å². The van der Waals surface area contributed by atoms with Gasteiger partial charge in [0, 0.05) is 5.92 Å². The van der Waals surface area contributed by atoms with Crippen LogP contribution in [0.15, 0.2) is 107 Å². The molecule has 0 fully saturated rings. The van der Waals surface area contributed by atoms with Gasteiger partial charge in [-0.05, 0) is 98.8 Å². The van der Waals surface area contributed by atoms with Gasteiger partial charge in [-0.15, -0.1) is 0 Å². The molecular weight excluding hydrogens is 432 g/mol. The summed E-state index contributed by atoms with van der Waals surface area (Å²) in [6.07, 6.45) is 17.4. The number of benzene rings is 2. The molecule has 3 aliphatic carbocycles. The van der Waals surface area contributed by atoms with Gasteiger partial charge in [0.05, 0.1) is 0 Å². The highest BCUT2D eigenvalue weighted by molar-refractivity contribution is 5.73. The van der Waals surface area contributed by atoms with Crippen LogP contribution in [0.3, 0.4) is 0 Å². The van der Waals surface area contributed by atoms with E-state index in [1.165, 1.54) is 61.3 Å². The molecule has 3 aliphatic rings. The first kappa shape index (κ1) is 24.6. The van der Waals surface area contributed by atoms with Gasteiger partial charge in [0.1, 0.15) is 0 Å². The summed E-state index contributed by atoms with van der Waals surface area (Å²) >= 11 is 0. The highest BCUT2D eigenvalue weighted by Gasteiger charge is 2.29. The van der Waals surface area contributed by atoms with Gasteiger partial charge in [-0.3, -0.25) is 0 Å². The summed E-state index contributed by atoms with van der Waals surface area (Å²) in [6, 6.07) is 15.8. The number of allylic oxidation sites excluding steroid dienone is 10. The van der Waals surface area contributed by atoms with E-state index in [-0.39, 0.29) is 11.3 Å². The van der Waals surface area contributed by atoms with Gasteiger partial charge in [-0.2, -0.15) is 0 Å². The van der Waals surface area contributed by atoms with Crippen LogP contribution in [-0.4, -0.2) is 0 Å². The topological polar surface area (TPSA) is 0 Å². The Kier molecular flexibility index (Phi) is 6.64. The lowest BCUT2D eigenvalue weighted by molar-refractivity contribution is 0.517. The highest BCUT2D eigenvalue weighted by atomic mass is 14.3. The fourth-order valence-corrected chi connectivity index (χ4v) is 6.02. The van der Waals surface area contributed by atoms with Crippen molar-refractivity contribution in [1.29, 1.82) is 0 Å². The zero-order chi connectivity index (χ0) is 25.4. The van der Waals surface area contributed by atoms with Crippen LogP contribution in [0.1, 0.15) is 81.2 Å². The first-order valence-corrected chi connectivity index (χ1v) is 13.7. The number of rotatable bonds is 7. The van der Waals surface area contributed by atoms with Crippen LogP contribution in [0, 0.1) is 5.41 Å². The van der Waals surface area contributed by atoms with Crippen LogP contribution in [0.5, 0.6) is 0 Å². The molecule has 184 valence electrons. The third-order valence-electron chi connectivity index (χ3n) is 8.14.